The zero-order chi connectivity index (χ0) is 24.0. The van der Waals surface area contributed by atoms with Crippen LogP contribution in [-0.2, 0) is 21.4 Å². The van der Waals surface area contributed by atoms with E-state index in [4.69, 9.17) is 4.42 Å². The van der Waals surface area contributed by atoms with Crippen LogP contribution in [0.25, 0.3) is 0 Å². The molecule has 1 unspecified atom stereocenters. The lowest BCUT2D eigenvalue weighted by atomic mass is 10.1. The second-order valence-electron chi connectivity index (χ2n) is 7.26. The Hall–Kier alpha value is -3.66. The fourth-order valence-corrected chi connectivity index (χ4v) is 4.54. The quantitative estimate of drug-likeness (QED) is 0.494. The van der Waals surface area contributed by atoms with Crippen molar-refractivity contribution in [1.29, 1.82) is 0 Å². The van der Waals surface area contributed by atoms with Crippen LogP contribution < -0.4 is 14.9 Å². The van der Waals surface area contributed by atoms with E-state index in [0.29, 0.717) is 5.76 Å². The van der Waals surface area contributed by atoms with Crippen LogP contribution in [-0.4, -0.2) is 32.5 Å². The molecule has 0 aliphatic rings. The molecule has 0 saturated carbocycles. The van der Waals surface area contributed by atoms with Gasteiger partial charge in [0.25, 0.3) is 5.91 Å². The number of hydrogen-bond donors (Lipinski definition) is 2. The molecule has 0 bridgehead atoms. The molecule has 0 aliphatic heterocycles. The van der Waals surface area contributed by atoms with Crippen molar-refractivity contribution in [3.63, 3.8) is 0 Å². The maximum Gasteiger partial charge on any atom is 0.253 e. The molecule has 8 nitrogen and oxygen atoms in total. The standard InChI is InChI=1S/C23H24FN3O5S/c1-3-21(27(33(2,30)31)17-12-10-16(24)11-13-17)23(29)26-20-9-5-4-8-19(20)22(28)25-15-18-7-6-14-32-18/h4-14,21H,3,15H2,1-2H3,(H,25,28)(H,26,29). The average Bonchev–Trinajstić information content (AvgIpc) is 3.30. The summed E-state index contributed by atoms with van der Waals surface area (Å²) in [6.07, 6.45) is 2.61. The summed E-state index contributed by atoms with van der Waals surface area (Å²) in [5.74, 6) is -1.02. The van der Waals surface area contributed by atoms with Crippen LogP contribution in [0.5, 0.6) is 0 Å². The normalized spacial score (nSPS) is 12.1. The van der Waals surface area contributed by atoms with Gasteiger partial charge < -0.3 is 15.1 Å². The summed E-state index contributed by atoms with van der Waals surface area (Å²) >= 11 is 0. The Morgan fingerprint density at radius 2 is 1.76 bits per heavy atom. The molecule has 0 aliphatic carbocycles. The van der Waals surface area contributed by atoms with Crippen molar-refractivity contribution in [2.24, 2.45) is 0 Å². The van der Waals surface area contributed by atoms with Gasteiger partial charge in [-0.1, -0.05) is 19.1 Å². The molecule has 0 spiro atoms. The number of nitrogens with zero attached hydrogens (tertiary/aromatic N) is 1. The van der Waals surface area contributed by atoms with Crippen LogP contribution in [0.15, 0.2) is 71.3 Å². The molecule has 1 atom stereocenters. The lowest BCUT2D eigenvalue weighted by Crippen LogP contribution is -2.47. The fourth-order valence-electron chi connectivity index (χ4n) is 3.33. The molecule has 174 valence electrons. The molecule has 3 rings (SSSR count). The Labute approximate surface area is 191 Å². The van der Waals surface area contributed by atoms with E-state index in [1.165, 1.54) is 18.4 Å². The zero-order valence-electron chi connectivity index (χ0n) is 18.1. The average molecular weight is 474 g/mol. The first-order valence-corrected chi connectivity index (χ1v) is 12.0. The Balaban J connectivity index is 1.84. The molecular weight excluding hydrogens is 449 g/mol. The van der Waals surface area contributed by atoms with Gasteiger partial charge in [-0.2, -0.15) is 0 Å². The molecule has 0 saturated heterocycles. The summed E-state index contributed by atoms with van der Waals surface area (Å²) in [6, 6.07) is 13.5. The molecule has 10 heteroatoms. The highest BCUT2D eigenvalue weighted by Crippen LogP contribution is 2.24. The predicted molar refractivity (Wildman–Crippen MR) is 123 cm³/mol. The number of para-hydroxylation sites is 1. The van der Waals surface area contributed by atoms with Crippen LogP contribution >= 0.6 is 0 Å². The minimum absolute atomic E-state index is 0.142. The van der Waals surface area contributed by atoms with E-state index in [1.54, 1.807) is 43.3 Å². The minimum atomic E-state index is -3.88. The number of anilines is 2. The second kappa shape index (κ2) is 10.3. The van der Waals surface area contributed by atoms with E-state index in [-0.39, 0.29) is 29.9 Å². The highest BCUT2D eigenvalue weighted by atomic mass is 32.2. The monoisotopic (exact) mass is 473 g/mol. The van der Waals surface area contributed by atoms with E-state index in [1.807, 2.05) is 0 Å². The van der Waals surface area contributed by atoms with Crippen LogP contribution in [0.1, 0.15) is 29.5 Å². The summed E-state index contributed by atoms with van der Waals surface area (Å²) in [5.41, 5.74) is 0.593. The van der Waals surface area contributed by atoms with Gasteiger partial charge in [0, 0.05) is 0 Å². The summed E-state index contributed by atoms with van der Waals surface area (Å²) in [6.45, 7) is 1.83. The van der Waals surface area contributed by atoms with Crippen LogP contribution in [0.2, 0.25) is 0 Å². The van der Waals surface area contributed by atoms with E-state index in [0.717, 1.165) is 22.7 Å². The van der Waals surface area contributed by atoms with E-state index < -0.39 is 33.7 Å². The van der Waals surface area contributed by atoms with Gasteiger partial charge in [0.05, 0.1) is 36.0 Å². The fraction of sp³-hybridized carbons (Fsp3) is 0.217. The minimum Gasteiger partial charge on any atom is -0.467 e. The smallest absolute Gasteiger partial charge is 0.253 e. The Kier molecular flexibility index (Phi) is 7.49. The molecule has 1 heterocycles. The van der Waals surface area contributed by atoms with E-state index in [9.17, 15) is 22.4 Å². The van der Waals surface area contributed by atoms with Crippen molar-refractivity contribution in [2.45, 2.75) is 25.9 Å². The molecule has 2 amide bonds. The van der Waals surface area contributed by atoms with E-state index in [2.05, 4.69) is 10.6 Å². The largest absolute Gasteiger partial charge is 0.467 e. The van der Waals surface area contributed by atoms with Gasteiger partial charge in [0.1, 0.15) is 17.6 Å². The lowest BCUT2D eigenvalue weighted by molar-refractivity contribution is -0.117. The third-order valence-electron chi connectivity index (χ3n) is 4.84. The van der Waals surface area contributed by atoms with Crippen molar-refractivity contribution in [3.05, 3.63) is 84.1 Å². The first-order valence-electron chi connectivity index (χ1n) is 10.2. The molecule has 0 radical (unpaired) electrons. The van der Waals surface area contributed by atoms with Crippen LogP contribution in [0.3, 0.4) is 0 Å². The lowest BCUT2D eigenvalue weighted by Gasteiger charge is -2.30. The van der Waals surface area contributed by atoms with Gasteiger partial charge in [-0.25, -0.2) is 12.8 Å². The van der Waals surface area contributed by atoms with Crippen LogP contribution in [0, 0.1) is 5.82 Å². The third-order valence-corrected chi connectivity index (χ3v) is 6.02. The van der Waals surface area contributed by atoms with Gasteiger partial charge >= 0.3 is 0 Å². The molecule has 33 heavy (non-hydrogen) atoms. The number of rotatable bonds is 9. The topological polar surface area (TPSA) is 109 Å². The zero-order valence-corrected chi connectivity index (χ0v) is 18.9. The Morgan fingerprint density at radius 3 is 2.36 bits per heavy atom. The maximum atomic E-state index is 13.4. The van der Waals surface area contributed by atoms with Gasteiger partial charge in [-0.15, -0.1) is 0 Å². The number of carbonyl (C=O) groups is 2. The second-order valence-corrected chi connectivity index (χ2v) is 9.12. The summed E-state index contributed by atoms with van der Waals surface area (Å²) in [5, 5.41) is 5.38. The maximum absolute atomic E-state index is 13.4. The molecular formula is C23H24FN3O5S. The number of hydrogen-bond acceptors (Lipinski definition) is 5. The first-order chi connectivity index (χ1) is 15.7. The number of benzene rings is 2. The van der Waals surface area contributed by atoms with Crippen molar-refractivity contribution in [3.8, 4) is 0 Å². The number of furan rings is 1. The number of halogens is 1. The number of carbonyl (C=O) groups excluding carboxylic acids is 2. The van der Waals surface area contributed by atoms with Gasteiger partial charge in [0.15, 0.2) is 0 Å². The summed E-state index contributed by atoms with van der Waals surface area (Å²) < 4.78 is 44.6. The molecule has 1 aromatic heterocycles. The van der Waals surface area contributed by atoms with Crippen molar-refractivity contribution >= 4 is 33.2 Å². The molecule has 3 aromatic rings. The summed E-state index contributed by atoms with van der Waals surface area (Å²) in [4.78, 5) is 25.8. The van der Waals surface area contributed by atoms with E-state index >= 15 is 0 Å². The Bertz CT molecular complexity index is 1210. The number of amides is 2. The highest BCUT2D eigenvalue weighted by molar-refractivity contribution is 7.92. The molecule has 2 aromatic carbocycles. The predicted octanol–water partition coefficient (Wildman–Crippen LogP) is 3.53. The third kappa shape index (κ3) is 5.98. The first kappa shape index (κ1) is 24.0. The van der Waals surface area contributed by atoms with Crippen molar-refractivity contribution < 1.29 is 26.8 Å². The van der Waals surface area contributed by atoms with Gasteiger partial charge in [0.2, 0.25) is 15.9 Å². The van der Waals surface area contributed by atoms with Crippen molar-refractivity contribution in [2.75, 3.05) is 15.9 Å². The van der Waals surface area contributed by atoms with Gasteiger partial charge in [-0.05, 0) is 55.0 Å². The Morgan fingerprint density at radius 1 is 1.06 bits per heavy atom. The van der Waals surface area contributed by atoms with Crippen LogP contribution in [0.4, 0.5) is 15.8 Å². The highest BCUT2D eigenvalue weighted by Gasteiger charge is 2.32. The van der Waals surface area contributed by atoms with Crippen molar-refractivity contribution in [1.82, 2.24) is 5.32 Å². The summed E-state index contributed by atoms with van der Waals surface area (Å²) in [7, 11) is -3.88. The van der Waals surface area contributed by atoms with Gasteiger partial charge in [-0.3, -0.25) is 13.9 Å². The molecule has 0 fully saturated rings. The number of nitrogens with one attached hydrogen (secondary N) is 2. The SMILES string of the molecule is CCC(C(=O)Nc1ccccc1C(=O)NCc1ccco1)N(c1ccc(F)cc1)S(C)(=O)=O. The number of sulfonamides is 1. The molecule has 2 N–H and O–H groups in total.